The molecule has 4 heteroatoms. The van der Waals surface area contributed by atoms with Gasteiger partial charge < -0.3 is 9.67 Å². The lowest BCUT2D eigenvalue weighted by atomic mass is 9.95. The number of hydrogen-bond donors (Lipinski definition) is 1. The lowest BCUT2D eigenvalue weighted by Gasteiger charge is -2.22. The van der Waals surface area contributed by atoms with Crippen LogP contribution in [0.1, 0.15) is 13.8 Å². The van der Waals surface area contributed by atoms with Crippen LogP contribution >= 0.6 is 27.5 Å². The number of aliphatic hydroxyl groups excluding tert-OH is 1. The Morgan fingerprint density at radius 2 is 2.12 bits per heavy atom. The third-order valence-electron chi connectivity index (χ3n) is 2.82. The second-order valence-electron chi connectivity index (χ2n) is 5.09. The highest BCUT2D eigenvalue weighted by Crippen LogP contribution is 2.30. The van der Waals surface area contributed by atoms with Gasteiger partial charge >= 0.3 is 0 Å². The molecule has 0 aliphatic heterocycles. The van der Waals surface area contributed by atoms with Crippen molar-refractivity contribution < 1.29 is 5.11 Å². The zero-order chi connectivity index (χ0) is 12.6. The molecule has 0 unspecified atom stereocenters. The molecular formula is C13H15BrClNO. The van der Waals surface area contributed by atoms with Crippen molar-refractivity contribution in [3.63, 3.8) is 0 Å². The molecule has 2 aromatic rings. The minimum atomic E-state index is -0.155. The molecule has 0 fully saturated rings. The van der Waals surface area contributed by atoms with Crippen molar-refractivity contribution in [3.05, 3.63) is 33.9 Å². The van der Waals surface area contributed by atoms with Gasteiger partial charge in [-0.3, -0.25) is 0 Å². The predicted octanol–water partition coefficient (Wildman–Crippen LogP) is 4.08. The Hall–Kier alpha value is -0.510. The maximum absolute atomic E-state index is 9.33. The van der Waals surface area contributed by atoms with Crippen molar-refractivity contribution in [1.29, 1.82) is 0 Å². The zero-order valence-electron chi connectivity index (χ0n) is 9.87. The normalized spacial score (nSPS) is 12.3. The van der Waals surface area contributed by atoms with Gasteiger partial charge in [-0.1, -0.05) is 47.4 Å². The Morgan fingerprint density at radius 3 is 2.76 bits per heavy atom. The van der Waals surface area contributed by atoms with Crippen molar-refractivity contribution in [1.82, 2.24) is 4.57 Å². The van der Waals surface area contributed by atoms with Crippen LogP contribution < -0.4 is 0 Å². The lowest BCUT2D eigenvalue weighted by molar-refractivity contribution is 0.142. The first-order valence-corrected chi connectivity index (χ1v) is 6.65. The third kappa shape index (κ3) is 2.67. The fourth-order valence-corrected chi connectivity index (χ4v) is 2.49. The van der Waals surface area contributed by atoms with E-state index in [2.05, 4.69) is 26.6 Å². The molecule has 2 rings (SSSR count). The van der Waals surface area contributed by atoms with E-state index in [-0.39, 0.29) is 12.0 Å². The van der Waals surface area contributed by atoms with E-state index in [1.807, 2.05) is 32.2 Å². The molecule has 1 aromatic heterocycles. The summed E-state index contributed by atoms with van der Waals surface area (Å²) in [5.41, 5.74) is 0.934. The average Bonchev–Trinajstić information content (AvgIpc) is 2.55. The van der Waals surface area contributed by atoms with Crippen LogP contribution in [0.4, 0.5) is 0 Å². The number of benzene rings is 1. The summed E-state index contributed by atoms with van der Waals surface area (Å²) in [4.78, 5) is 0. The predicted molar refractivity (Wildman–Crippen MR) is 75.5 cm³/mol. The summed E-state index contributed by atoms with van der Waals surface area (Å²) in [6, 6.07) is 6.04. The summed E-state index contributed by atoms with van der Waals surface area (Å²) in [5, 5.41) is 11.1. The molecule has 2 nitrogen and oxygen atoms in total. The number of aromatic nitrogens is 1. The van der Waals surface area contributed by atoms with Gasteiger partial charge in [0.05, 0.1) is 10.5 Å². The molecule has 0 saturated heterocycles. The Balaban J connectivity index is 2.51. The topological polar surface area (TPSA) is 25.2 Å². The summed E-state index contributed by atoms with van der Waals surface area (Å²) < 4.78 is 3.13. The van der Waals surface area contributed by atoms with Crippen LogP contribution in [0.3, 0.4) is 0 Å². The quantitative estimate of drug-likeness (QED) is 0.907. The molecule has 0 bridgehead atoms. The molecule has 17 heavy (non-hydrogen) atoms. The molecule has 0 aliphatic rings. The van der Waals surface area contributed by atoms with E-state index in [1.165, 1.54) is 0 Å². The number of hydrogen-bond acceptors (Lipinski definition) is 1. The maximum atomic E-state index is 9.33. The molecule has 0 spiro atoms. The van der Waals surface area contributed by atoms with Gasteiger partial charge in [-0.2, -0.15) is 0 Å². The fourth-order valence-electron chi connectivity index (χ4n) is 1.86. The first-order chi connectivity index (χ1) is 7.93. The number of rotatable bonds is 3. The number of fused-ring (bicyclic) bond motifs is 1. The van der Waals surface area contributed by atoms with Crippen LogP contribution in [-0.4, -0.2) is 16.3 Å². The first kappa shape index (κ1) is 12.9. The molecule has 1 aromatic carbocycles. The Kier molecular flexibility index (Phi) is 3.53. The second kappa shape index (κ2) is 4.63. The highest BCUT2D eigenvalue weighted by molar-refractivity contribution is 9.10. The highest BCUT2D eigenvalue weighted by Gasteiger charge is 2.19. The van der Waals surface area contributed by atoms with E-state index in [0.717, 1.165) is 26.9 Å². The minimum Gasteiger partial charge on any atom is -0.396 e. The average molecular weight is 317 g/mol. The fraction of sp³-hybridized carbons (Fsp3) is 0.385. The molecule has 92 valence electrons. The van der Waals surface area contributed by atoms with Crippen molar-refractivity contribution in [2.45, 2.75) is 20.4 Å². The van der Waals surface area contributed by atoms with Crippen LogP contribution in [0.5, 0.6) is 0 Å². The maximum Gasteiger partial charge on any atom is 0.0661 e. The van der Waals surface area contributed by atoms with Crippen molar-refractivity contribution in [2.75, 3.05) is 6.61 Å². The largest absolute Gasteiger partial charge is 0.396 e. The summed E-state index contributed by atoms with van der Waals surface area (Å²) in [7, 11) is 0. The number of nitrogens with zero attached hydrogens (tertiary/aromatic N) is 1. The number of aliphatic hydroxyl groups is 1. The summed E-state index contributed by atoms with van der Waals surface area (Å²) in [6.45, 7) is 4.96. The zero-order valence-corrected chi connectivity index (χ0v) is 12.2. The third-order valence-corrected chi connectivity index (χ3v) is 3.62. The van der Waals surface area contributed by atoms with E-state index >= 15 is 0 Å². The summed E-state index contributed by atoms with van der Waals surface area (Å²) in [6.07, 6.45) is 1.93. The molecular weight excluding hydrogens is 302 g/mol. The molecule has 0 atom stereocenters. The lowest BCUT2D eigenvalue weighted by Crippen LogP contribution is -2.23. The standard InChI is InChI=1S/C13H15BrClNO/c1-13(2,8-17)7-16-6-11(15)10-4-3-9(14)5-12(10)16/h3-6,17H,7-8H2,1-2H3. The Labute approximate surface area is 114 Å². The van der Waals surface area contributed by atoms with Gasteiger partial charge in [-0.15, -0.1) is 0 Å². The van der Waals surface area contributed by atoms with Gasteiger partial charge in [-0.25, -0.2) is 0 Å². The van der Waals surface area contributed by atoms with Crippen molar-refractivity contribution in [2.24, 2.45) is 5.41 Å². The Morgan fingerprint density at radius 1 is 1.41 bits per heavy atom. The molecule has 0 radical (unpaired) electrons. The van der Waals surface area contributed by atoms with Gasteiger partial charge in [0.25, 0.3) is 0 Å². The van der Waals surface area contributed by atoms with Gasteiger partial charge in [0.2, 0.25) is 0 Å². The van der Waals surface area contributed by atoms with E-state index in [9.17, 15) is 5.11 Å². The molecule has 0 saturated carbocycles. The summed E-state index contributed by atoms with van der Waals surface area (Å²) >= 11 is 9.67. The van der Waals surface area contributed by atoms with E-state index < -0.39 is 0 Å². The molecule has 0 amide bonds. The smallest absolute Gasteiger partial charge is 0.0661 e. The van der Waals surface area contributed by atoms with Crippen molar-refractivity contribution in [3.8, 4) is 0 Å². The van der Waals surface area contributed by atoms with E-state index in [4.69, 9.17) is 11.6 Å². The highest BCUT2D eigenvalue weighted by atomic mass is 79.9. The van der Waals surface area contributed by atoms with Crippen LogP contribution in [0.2, 0.25) is 5.02 Å². The second-order valence-corrected chi connectivity index (χ2v) is 6.41. The van der Waals surface area contributed by atoms with E-state index in [1.54, 1.807) is 0 Å². The van der Waals surface area contributed by atoms with Crippen LogP contribution in [0.25, 0.3) is 10.9 Å². The first-order valence-electron chi connectivity index (χ1n) is 5.48. The van der Waals surface area contributed by atoms with Crippen LogP contribution in [-0.2, 0) is 6.54 Å². The van der Waals surface area contributed by atoms with Crippen LogP contribution in [0.15, 0.2) is 28.9 Å². The van der Waals surface area contributed by atoms with Crippen LogP contribution in [0, 0.1) is 5.41 Å². The minimum absolute atomic E-state index is 0.151. The Bertz CT molecular complexity index is 548. The molecule has 0 aliphatic carbocycles. The molecule has 1 heterocycles. The monoisotopic (exact) mass is 315 g/mol. The summed E-state index contributed by atoms with van der Waals surface area (Å²) in [5.74, 6) is 0. The SMILES string of the molecule is CC(C)(CO)Cn1cc(Cl)c2ccc(Br)cc21. The molecule has 1 N–H and O–H groups in total. The van der Waals surface area contributed by atoms with Gasteiger partial charge in [0, 0.05) is 34.6 Å². The van der Waals surface area contributed by atoms with Gasteiger partial charge in [0.1, 0.15) is 0 Å². The van der Waals surface area contributed by atoms with E-state index in [0.29, 0.717) is 0 Å². The van der Waals surface area contributed by atoms with Gasteiger partial charge in [0.15, 0.2) is 0 Å². The van der Waals surface area contributed by atoms with Crippen molar-refractivity contribution >= 4 is 38.4 Å². The van der Waals surface area contributed by atoms with Gasteiger partial charge in [-0.05, 0) is 12.1 Å². The number of halogens is 2.